The van der Waals surface area contributed by atoms with Crippen LogP contribution in [-0.2, 0) is 17.8 Å². The van der Waals surface area contributed by atoms with E-state index in [0.29, 0.717) is 26.2 Å². The highest BCUT2D eigenvalue weighted by molar-refractivity contribution is 7.09. The maximum atomic E-state index is 12.7. The molecule has 2 amide bonds. The van der Waals surface area contributed by atoms with Gasteiger partial charge >= 0.3 is 6.03 Å². The fraction of sp³-hybridized carbons (Fsp3) is 0.444. The minimum absolute atomic E-state index is 0.0427. The molecule has 1 fully saturated rings. The van der Waals surface area contributed by atoms with Crippen LogP contribution >= 0.6 is 11.3 Å². The number of aromatic nitrogens is 1. The van der Waals surface area contributed by atoms with Crippen molar-refractivity contribution in [1.82, 2.24) is 20.1 Å². The SMILES string of the molecule is CN1CCO[C@@H](CNC(=O)N(Cc2ccccc2)Cc2nccs2)C1. The lowest BCUT2D eigenvalue weighted by atomic mass is 10.2. The van der Waals surface area contributed by atoms with E-state index >= 15 is 0 Å². The minimum Gasteiger partial charge on any atom is -0.374 e. The zero-order valence-corrected chi connectivity index (χ0v) is 15.2. The Morgan fingerprint density at radius 3 is 2.96 bits per heavy atom. The van der Waals surface area contributed by atoms with Gasteiger partial charge in [0.25, 0.3) is 0 Å². The highest BCUT2D eigenvalue weighted by Gasteiger charge is 2.21. The molecule has 1 aliphatic heterocycles. The van der Waals surface area contributed by atoms with Crippen molar-refractivity contribution in [3.8, 4) is 0 Å². The molecule has 1 N–H and O–H groups in total. The fourth-order valence-electron chi connectivity index (χ4n) is 2.80. The highest BCUT2D eigenvalue weighted by atomic mass is 32.1. The number of carbonyl (C=O) groups excluding carboxylic acids is 1. The summed E-state index contributed by atoms with van der Waals surface area (Å²) in [6, 6.07) is 9.92. The molecule has 0 saturated carbocycles. The Labute approximate surface area is 152 Å². The third-order valence-corrected chi connectivity index (χ3v) is 4.90. The first-order valence-electron chi connectivity index (χ1n) is 8.46. The molecule has 6 nitrogen and oxygen atoms in total. The number of hydrogen-bond donors (Lipinski definition) is 1. The summed E-state index contributed by atoms with van der Waals surface area (Å²) < 4.78 is 5.72. The molecule has 1 aliphatic rings. The van der Waals surface area contributed by atoms with Gasteiger partial charge in [-0.1, -0.05) is 30.3 Å². The smallest absolute Gasteiger partial charge is 0.318 e. The topological polar surface area (TPSA) is 57.7 Å². The van der Waals surface area contributed by atoms with Crippen LogP contribution in [0.1, 0.15) is 10.6 Å². The summed E-state index contributed by atoms with van der Waals surface area (Å²) in [7, 11) is 2.07. The zero-order chi connectivity index (χ0) is 17.5. The third-order valence-electron chi connectivity index (χ3n) is 4.14. The summed E-state index contributed by atoms with van der Waals surface area (Å²) in [6.07, 6.45) is 1.81. The molecule has 0 spiro atoms. The monoisotopic (exact) mass is 360 g/mol. The van der Waals surface area contributed by atoms with Crippen molar-refractivity contribution in [2.45, 2.75) is 19.2 Å². The van der Waals surface area contributed by atoms with Crippen LogP contribution in [0, 0.1) is 0 Å². The lowest BCUT2D eigenvalue weighted by Gasteiger charge is -2.31. The van der Waals surface area contributed by atoms with E-state index in [0.717, 1.165) is 23.7 Å². The Morgan fingerprint density at radius 1 is 1.40 bits per heavy atom. The standard InChI is InChI=1S/C18H24N4O2S/c1-21-8-9-24-16(13-21)11-20-18(23)22(14-17-19-7-10-25-17)12-15-5-3-2-4-6-15/h2-7,10,16H,8-9,11-14H2,1H3,(H,20,23)/t16-/m0/s1. The number of carbonyl (C=O) groups is 1. The summed E-state index contributed by atoms with van der Waals surface area (Å²) in [5.74, 6) is 0. The minimum atomic E-state index is -0.0871. The molecule has 0 radical (unpaired) electrons. The quantitative estimate of drug-likeness (QED) is 0.858. The van der Waals surface area contributed by atoms with Crippen molar-refractivity contribution in [2.75, 3.05) is 33.3 Å². The summed E-state index contributed by atoms with van der Waals surface area (Å²) in [5, 5.41) is 5.88. The van der Waals surface area contributed by atoms with Crippen molar-refractivity contribution in [3.63, 3.8) is 0 Å². The van der Waals surface area contributed by atoms with E-state index in [9.17, 15) is 4.79 Å². The summed E-state index contributed by atoms with van der Waals surface area (Å²) in [5.41, 5.74) is 1.10. The van der Waals surface area contributed by atoms with Gasteiger partial charge in [-0.2, -0.15) is 0 Å². The molecule has 1 atom stereocenters. The van der Waals surface area contributed by atoms with E-state index in [2.05, 4.69) is 22.2 Å². The number of urea groups is 1. The first kappa shape index (κ1) is 17.8. The van der Waals surface area contributed by atoms with Crippen molar-refractivity contribution >= 4 is 17.4 Å². The van der Waals surface area contributed by atoms with Crippen LogP contribution in [0.4, 0.5) is 4.79 Å². The van der Waals surface area contributed by atoms with Crippen LogP contribution in [0.25, 0.3) is 0 Å². The van der Waals surface area contributed by atoms with Gasteiger partial charge in [0.15, 0.2) is 0 Å². The number of rotatable bonds is 6. The van der Waals surface area contributed by atoms with E-state index in [1.54, 1.807) is 22.4 Å². The second kappa shape index (κ2) is 8.94. The molecular weight excluding hydrogens is 336 g/mol. The predicted octanol–water partition coefficient (Wildman–Crippen LogP) is 2.19. The van der Waals surface area contributed by atoms with Crippen molar-refractivity contribution in [3.05, 3.63) is 52.5 Å². The number of likely N-dealkylation sites (N-methyl/N-ethyl adjacent to an activating group) is 1. The van der Waals surface area contributed by atoms with Gasteiger partial charge in [0.05, 0.1) is 19.3 Å². The number of amides is 2. The molecule has 0 bridgehead atoms. The fourth-order valence-corrected chi connectivity index (χ4v) is 3.43. The predicted molar refractivity (Wildman–Crippen MR) is 98.4 cm³/mol. The average Bonchev–Trinajstić information content (AvgIpc) is 3.13. The summed E-state index contributed by atoms with van der Waals surface area (Å²) in [4.78, 5) is 21.0. The van der Waals surface area contributed by atoms with Gasteiger partial charge in [0.2, 0.25) is 0 Å². The normalized spacial score (nSPS) is 18.0. The number of nitrogens with one attached hydrogen (secondary N) is 1. The van der Waals surface area contributed by atoms with Gasteiger partial charge in [-0.3, -0.25) is 0 Å². The Hall–Kier alpha value is -1.96. The zero-order valence-electron chi connectivity index (χ0n) is 14.4. The first-order valence-corrected chi connectivity index (χ1v) is 9.34. The van der Waals surface area contributed by atoms with Gasteiger partial charge in [-0.05, 0) is 12.6 Å². The van der Waals surface area contributed by atoms with E-state index in [-0.39, 0.29) is 12.1 Å². The second-order valence-electron chi connectivity index (χ2n) is 6.21. The Bertz CT molecular complexity index is 650. The maximum absolute atomic E-state index is 12.7. The molecular formula is C18H24N4O2S. The van der Waals surface area contributed by atoms with Crippen LogP contribution < -0.4 is 5.32 Å². The second-order valence-corrected chi connectivity index (χ2v) is 7.19. The summed E-state index contributed by atoms with van der Waals surface area (Å²) in [6.45, 7) is 4.07. The molecule has 25 heavy (non-hydrogen) atoms. The van der Waals surface area contributed by atoms with Crippen LogP contribution in [0.5, 0.6) is 0 Å². The molecule has 134 valence electrons. The van der Waals surface area contributed by atoms with Gasteiger partial charge < -0.3 is 19.9 Å². The first-order chi connectivity index (χ1) is 12.2. The van der Waals surface area contributed by atoms with E-state index in [1.807, 2.05) is 35.7 Å². The van der Waals surface area contributed by atoms with Crippen molar-refractivity contribution in [2.24, 2.45) is 0 Å². The maximum Gasteiger partial charge on any atom is 0.318 e. The molecule has 1 aromatic carbocycles. The molecule has 3 rings (SSSR count). The molecule has 1 saturated heterocycles. The van der Waals surface area contributed by atoms with Crippen molar-refractivity contribution < 1.29 is 9.53 Å². The van der Waals surface area contributed by atoms with E-state index in [1.165, 1.54) is 0 Å². The number of thiazole rings is 1. The largest absolute Gasteiger partial charge is 0.374 e. The van der Waals surface area contributed by atoms with E-state index in [4.69, 9.17) is 4.74 Å². The van der Waals surface area contributed by atoms with Crippen molar-refractivity contribution in [1.29, 1.82) is 0 Å². The highest BCUT2D eigenvalue weighted by Crippen LogP contribution is 2.12. The summed E-state index contributed by atoms with van der Waals surface area (Å²) >= 11 is 1.56. The molecule has 2 heterocycles. The Balaban J connectivity index is 1.60. The Kier molecular flexibility index (Phi) is 6.38. The van der Waals surface area contributed by atoms with Crippen LogP contribution in [0.15, 0.2) is 41.9 Å². The van der Waals surface area contributed by atoms with Crippen LogP contribution in [0.2, 0.25) is 0 Å². The lowest BCUT2D eigenvalue weighted by molar-refractivity contribution is -0.0173. The number of ether oxygens (including phenoxy) is 1. The Morgan fingerprint density at radius 2 is 2.24 bits per heavy atom. The van der Waals surface area contributed by atoms with Crippen LogP contribution in [0.3, 0.4) is 0 Å². The molecule has 7 heteroatoms. The number of benzene rings is 1. The number of nitrogens with zero attached hydrogens (tertiary/aromatic N) is 3. The number of hydrogen-bond acceptors (Lipinski definition) is 5. The lowest BCUT2D eigenvalue weighted by Crippen LogP contribution is -2.48. The van der Waals surface area contributed by atoms with E-state index < -0.39 is 0 Å². The van der Waals surface area contributed by atoms with Crippen LogP contribution in [-0.4, -0.2) is 60.2 Å². The molecule has 0 aliphatic carbocycles. The number of morpholine rings is 1. The average molecular weight is 360 g/mol. The van der Waals surface area contributed by atoms with Gasteiger partial charge in [-0.25, -0.2) is 9.78 Å². The van der Waals surface area contributed by atoms with Gasteiger partial charge in [-0.15, -0.1) is 11.3 Å². The molecule has 2 aromatic rings. The third kappa shape index (κ3) is 5.52. The van der Waals surface area contributed by atoms with Gasteiger partial charge in [0.1, 0.15) is 5.01 Å². The van der Waals surface area contributed by atoms with Gasteiger partial charge in [0, 0.05) is 37.8 Å². The molecule has 0 unspecified atom stereocenters. The molecule has 1 aromatic heterocycles.